The van der Waals surface area contributed by atoms with Gasteiger partial charge in [0.1, 0.15) is 5.82 Å². The summed E-state index contributed by atoms with van der Waals surface area (Å²) >= 11 is 0. The highest BCUT2D eigenvalue weighted by atomic mass is 19.1. The lowest BCUT2D eigenvalue weighted by Gasteiger charge is -1.99. The standard InChI is InChI=1S/C13H10FN3O/c14-9-3-5-10(6-4-9)17-8-11(15)13(16-17)12-2-1-7-18-12/h1-8H,15H2. The summed E-state index contributed by atoms with van der Waals surface area (Å²) in [5, 5.41) is 4.33. The van der Waals surface area contributed by atoms with E-state index < -0.39 is 0 Å². The van der Waals surface area contributed by atoms with Crippen molar-refractivity contribution in [3.63, 3.8) is 0 Å². The van der Waals surface area contributed by atoms with E-state index in [9.17, 15) is 4.39 Å². The lowest BCUT2D eigenvalue weighted by atomic mass is 10.3. The molecule has 0 amide bonds. The number of nitrogens with zero attached hydrogens (tertiary/aromatic N) is 2. The Morgan fingerprint density at radius 3 is 2.61 bits per heavy atom. The monoisotopic (exact) mass is 243 g/mol. The van der Waals surface area contributed by atoms with Crippen LogP contribution in [0, 0.1) is 5.82 Å². The Bertz CT molecular complexity index is 656. The minimum absolute atomic E-state index is 0.287. The molecule has 0 spiro atoms. The lowest BCUT2D eigenvalue weighted by Crippen LogP contribution is -1.94. The van der Waals surface area contributed by atoms with Crippen LogP contribution in [-0.4, -0.2) is 9.78 Å². The Hall–Kier alpha value is -2.56. The molecule has 0 unspecified atom stereocenters. The van der Waals surface area contributed by atoms with Crippen LogP contribution in [0.5, 0.6) is 0 Å². The summed E-state index contributed by atoms with van der Waals surface area (Å²) in [6.07, 6.45) is 3.23. The minimum atomic E-state index is -0.287. The number of furan rings is 1. The summed E-state index contributed by atoms with van der Waals surface area (Å²) in [5.41, 5.74) is 7.70. The minimum Gasteiger partial charge on any atom is -0.463 e. The molecule has 2 aromatic heterocycles. The van der Waals surface area contributed by atoms with Crippen LogP contribution in [-0.2, 0) is 0 Å². The molecular weight excluding hydrogens is 233 g/mol. The first kappa shape index (κ1) is 10.6. The summed E-state index contributed by atoms with van der Waals surface area (Å²) in [6, 6.07) is 9.57. The zero-order chi connectivity index (χ0) is 12.5. The van der Waals surface area contributed by atoms with Crippen molar-refractivity contribution in [2.45, 2.75) is 0 Å². The van der Waals surface area contributed by atoms with Crippen LogP contribution >= 0.6 is 0 Å². The molecule has 18 heavy (non-hydrogen) atoms. The van der Waals surface area contributed by atoms with Gasteiger partial charge in [-0.25, -0.2) is 9.07 Å². The van der Waals surface area contributed by atoms with Gasteiger partial charge in [0, 0.05) is 0 Å². The Labute approximate surface area is 102 Å². The van der Waals surface area contributed by atoms with Crippen molar-refractivity contribution in [1.29, 1.82) is 0 Å². The van der Waals surface area contributed by atoms with Crippen molar-refractivity contribution in [3.8, 4) is 17.1 Å². The van der Waals surface area contributed by atoms with Crippen LogP contribution < -0.4 is 5.73 Å². The molecule has 4 nitrogen and oxygen atoms in total. The average molecular weight is 243 g/mol. The van der Waals surface area contributed by atoms with Gasteiger partial charge in [0.05, 0.1) is 23.8 Å². The SMILES string of the molecule is Nc1cn(-c2ccc(F)cc2)nc1-c1ccco1. The molecule has 0 aliphatic rings. The van der Waals surface area contributed by atoms with E-state index in [-0.39, 0.29) is 5.82 Å². The topological polar surface area (TPSA) is 57.0 Å². The third-order valence-corrected chi connectivity index (χ3v) is 2.59. The second-order valence-corrected chi connectivity index (χ2v) is 3.83. The van der Waals surface area contributed by atoms with E-state index in [1.54, 1.807) is 41.4 Å². The molecule has 1 aromatic carbocycles. The molecule has 2 heterocycles. The summed E-state index contributed by atoms with van der Waals surface area (Å²) in [5.74, 6) is 0.318. The van der Waals surface area contributed by atoms with Gasteiger partial charge in [-0.15, -0.1) is 0 Å². The van der Waals surface area contributed by atoms with Crippen LogP contribution in [0.25, 0.3) is 17.1 Å². The molecule has 0 aliphatic heterocycles. The van der Waals surface area contributed by atoms with Gasteiger partial charge in [-0.1, -0.05) is 0 Å². The fourth-order valence-electron chi connectivity index (χ4n) is 1.72. The van der Waals surface area contributed by atoms with Crippen molar-refractivity contribution in [1.82, 2.24) is 9.78 Å². The summed E-state index contributed by atoms with van der Waals surface area (Å²) in [6.45, 7) is 0. The fraction of sp³-hybridized carbons (Fsp3) is 0. The predicted octanol–water partition coefficient (Wildman–Crippen LogP) is 2.85. The van der Waals surface area contributed by atoms with Crippen molar-refractivity contribution in [2.24, 2.45) is 0 Å². The number of hydrogen-bond donors (Lipinski definition) is 1. The van der Waals surface area contributed by atoms with Crippen LogP contribution in [0.4, 0.5) is 10.1 Å². The zero-order valence-electron chi connectivity index (χ0n) is 9.38. The van der Waals surface area contributed by atoms with Gasteiger partial charge < -0.3 is 10.2 Å². The number of benzene rings is 1. The van der Waals surface area contributed by atoms with E-state index in [0.29, 0.717) is 17.1 Å². The van der Waals surface area contributed by atoms with Gasteiger partial charge in [-0.3, -0.25) is 0 Å². The predicted molar refractivity (Wildman–Crippen MR) is 65.6 cm³/mol. The van der Waals surface area contributed by atoms with Crippen LogP contribution in [0.3, 0.4) is 0 Å². The van der Waals surface area contributed by atoms with Gasteiger partial charge in [0.15, 0.2) is 11.5 Å². The third-order valence-electron chi connectivity index (χ3n) is 2.59. The van der Waals surface area contributed by atoms with Crippen LogP contribution in [0.2, 0.25) is 0 Å². The zero-order valence-corrected chi connectivity index (χ0v) is 9.38. The molecule has 0 bridgehead atoms. The molecule has 3 aromatic rings. The first-order chi connectivity index (χ1) is 8.74. The summed E-state index contributed by atoms with van der Waals surface area (Å²) in [4.78, 5) is 0. The van der Waals surface area contributed by atoms with Gasteiger partial charge in [-0.05, 0) is 36.4 Å². The van der Waals surface area contributed by atoms with Crippen molar-refractivity contribution < 1.29 is 8.81 Å². The second-order valence-electron chi connectivity index (χ2n) is 3.83. The van der Waals surface area contributed by atoms with Crippen molar-refractivity contribution in [2.75, 3.05) is 5.73 Å². The molecule has 0 saturated carbocycles. The number of aromatic nitrogens is 2. The van der Waals surface area contributed by atoms with E-state index in [4.69, 9.17) is 10.2 Å². The Balaban J connectivity index is 2.05. The molecule has 0 aliphatic carbocycles. The Morgan fingerprint density at radius 2 is 1.94 bits per heavy atom. The second kappa shape index (κ2) is 4.03. The molecule has 0 fully saturated rings. The number of nitrogens with two attached hydrogens (primary N) is 1. The largest absolute Gasteiger partial charge is 0.463 e. The average Bonchev–Trinajstić information content (AvgIpc) is 2.99. The first-order valence-corrected chi connectivity index (χ1v) is 5.39. The van der Waals surface area contributed by atoms with Gasteiger partial charge in [-0.2, -0.15) is 5.10 Å². The maximum Gasteiger partial charge on any atom is 0.156 e. The number of hydrogen-bond acceptors (Lipinski definition) is 3. The summed E-state index contributed by atoms with van der Waals surface area (Å²) < 4.78 is 19.7. The van der Waals surface area contributed by atoms with Gasteiger partial charge >= 0.3 is 0 Å². The maximum atomic E-state index is 12.8. The highest BCUT2D eigenvalue weighted by Gasteiger charge is 2.11. The first-order valence-electron chi connectivity index (χ1n) is 5.39. The summed E-state index contributed by atoms with van der Waals surface area (Å²) in [7, 11) is 0. The molecule has 0 saturated heterocycles. The fourth-order valence-corrected chi connectivity index (χ4v) is 1.72. The van der Waals surface area contributed by atoms with E-state index in [1.807, 2.05) is 0 Å². The van der Waals surface area contributed by atoms with E-state index in [0.717, 1.165) is 5.69 Å². The third kappa shape index (κ3) is 1.75. The highest BCUT2D eigenvalue weighted by Crippen LogP contribution is 2.25. The maximum absolute atomic E-state index is 12.8. The lowest BCUT2D eigenvalue weighted by molar-refractivity contribution is 0.579. The molecule has 5 heteroatoms. The van der Waals surface area contributed by atoms with E-state index in [1.165, 1.54) is 12.1 Å². The van der Waals surface area contributed by atoms with Crippen molar-refractivity contribution in [3.05, 3.63) is 54.7 Å². The molecular formula is C13H10FN3O. The molecule has 0 radical (unpaired) electrons. The number of rotatable bonds is 2. The normalized spacial score (nSPS) is 10.7. The highest BCUT2D eigenvalue weighted by molar-refractivity contribution is 5.68. The van der Waals surface area contributed by atoms with E-state index >= 15 is 0 Å². The quantitative estimate of drug-likeness (QED) is 0.752. The van der Waals surface area contributed by atoms with Crippen molar-refractivity contribution >= 4 is 5.69 Å². The molecule has 3 rings (SSSR count). The molecule has 90 valence electrons. The van der Waals surface area contributed by atoms with Crippen LogP contribution in [0.1, 0.15) is 0 Å². The van der Waals surface area contributed by atoms with Crippen LogP contribution in [0.15, 0.2) is 53.3 Å². The Kier molecular flexibility index (Phi) is 2.37. The van der Waals surface area contributed by atoms with E-state index in [2.05, 4.69) is 5.10 Å². The number of nitrogen functional groups attached to an aromatic ring is 1. The van der Waals surface area contributed by atoms with Gasteiger partial charge in [0.25, 0.3) is 0 Å². The molecule has 0 atom stereocenters. The Morgan fingerprint density at radius 1 is 1.17 bits per heavy atom. The number of anilines is 1. The number of halogens is 1. The smallest absolute Gasteiger partial charge is 0.156 e. The van der Waals surface area contributed by atoms with Gasteiger partial charge in [0.2, 0.25) is 0 Å². The molecule has 2 N–H and O–H groups in total.